The van der Waals surface area contributed by atoms with Crippen LogP contribution in [0.1, 0.15) is 30.9 Å². The summed E-state index contributed by atoms with van der Waals surface area (Å²) in [4.78, 5) is 13.7. The first kappa shape index (κ1) is 16.8. The number of fused-ring (bicyclic) bond motifs is 1. The SMILES string of the molecule is O=C1CCC2CC(OS(=O)(=O)C(F)(F)F)=CC(c3ccccc3)N12. The number of amides is 1. The first-order valence-corrected chi connectivity index (χ1v) is 8.67. The molecule has 1 aromatic rings. The lowest BCUT2D eigenvalue weighted by atomic mass is 9.97. The molecule has 0 radical (unpaired) electrons. The van der Waals surface area contributed by atoms with Crippen LogP contribution < -0.4 is 0 Å². The van der Waals surface area contributed by atoms with Gasteiger partial charge >= 0.3 is 15.6 Å². The van der Waals surface area contributed by atoms with Crippen molar-refractivity contribution in [3.05, 3.63) is 47.7 Å². The van der Waals surface area contributed by atoms with Crippen LogP contribution >= 0.6 is 0 Å². The predicted octanol–water partition coefficient (Wildman–Crippen LogP) is 2.87. The zero-order valence-corrected chi connectivity index (χ0v) is 13.2. The van der Waals surface area contributed by atoms with Gasteiger partial charge in [0.1, 0.15) is 5.76 Å². The Hall–Kier alpha value is -2.03. The lowest BCUT2D eigenvalue weighted by Crippen LogP contribution is -2.40. The highest BCUT2D eigenvalue weighted by Gasteiger charge is 2.50. The Kier molecular flexibility index (Phi) is 4.06. The maximum Gasteiger partial charge on any atom is 0.534 e. The molecule has 0 aromatic heterocycles. The zero-order chi connectivity index (χ0) is 17.5. The zero-order valence-electron chi connectivity index (χ0n) is 12.4. The summed E-state index contributed by atoms with van der Waals surface area (Å²) in [5, 5.41) is 0. The van der Waals surface area contributed by atoms with Gasteiger partial charge in [0.25, 0.3) is 0 Å². The van der Waals surface area contributed by atoms with Crippen molar-refractivity contribution < 1.29 is 30.6 Å². The Morgan fingerprint density at radius 2 is 1.83 bits per heavy atom. The smallest absolute Gasteiger partial charge is 0.381 e. The van der Waals surface area contributed by atoms with Gasteiger partial charge < -0.3 is 9.08 Å². The summed E-state index contributed by atoms with van der Waals surface area (Å²) in [6.45, 7) is 0. The average Bonchev–Trinajstić information content (AvgIpc) is 2.87. The number of carbonyl (C=O) groups excluding carboxylic acids is 1. The lowest BCUT2D eigenvalue weighted by Gasteiger charge is -2.36. The topological polar surface area (TPSA) is 63.7 Å². The predicted molar refractivity (Wildman–Crippen MR) is 77.8 cm³/mol. The van der Waals surface area contributed by atoms with Crippen LogP contribution in [0.15, 0.2) is 42.2 Å². The Bertz CT molecular complexity index is 774. The van der Waals surface area contributed by atoms with Gasteiger partial charge in [-0.05, 0) is 18.1 Å². The summed E-state index contributed by atoms with van der Waals surface area (Å²) in [5.74, 6) is -0.389. The molecule has 0 bridgehead atoms. The molecule has 2 atom stereocenters. The van der Waals surface area contributed by atoms with Gasteiger partial charge in [0, 0.05) is 18.9 Å². The second kappa shape index (κ2) is 5.80. The van der Waals surface area contributed by atoms with Crippen LogP contribution in [0.2, 0.25) is 0 Å². The molecule has 1 amide bonds. The molecule has 9 heteroatoms. The maximum absolute atomic E-state index is 12.5. The second-order valence-electron chi connectivity index (χ2n) is 5.67. The van der Waals surface area contributed by atoms with E-state index in [1.54, 1.807) is 35.2 Å². The van der Waals surface area contributed by atoms with Crippen molar-refractivity contribution in [3.8, 4) is 0 Å². The minimum absolute atomic E-state index is 0.0512. The standard InChI is InChI=1S/C15H14F3NO4S/c16-15(17,18)24(21,22)23-12-8-11-6-7-14(20)19(11)13(9-12)10-4-2-1-3-5-10/h1-5,9,11,13H,6-8H2. The van der Waals surface area contributed by atoms with Gasteiger partial charge in [-0.2, -0.15) is 21.6 Å². The molecule has 1 aromatic carbocycles. The number of rotatable bonds is 3. The van der Waals surface area contributed by atoms with Gasteiger partial charge in [0.15, 0.2) is 0 Å². The van der Waals surface area contributed by atoms with E-state index in [2.05, 4.69) is 4.18 Å². The van der Waals surface area contributed by atoms with Gasteiger partial charge in [-0.3, -0.25) is 4.79 Å². The molecule has 130 valence electrons. The molecule has 0 aliphatic carbocycles. The minimum atomic E-state index is -5.72. The number of halogens is 3. The van der Waals surface area contributed by atoms with E-state index >= 15 is 0 Å². The first-order valence-electron chi connectivity index (χ1n) is 7.26. The largest absolute Gasteiger partial charge is 0.534 e. The highest BCUT2D eigenvalue weighted by molar-refractivity contribution is 7.87. The molecular formula is C15H14F3NO4S. The first-order chi connectivity index (χ1) is 11.2. The van der Waals surface area contributed by atoms with Crippen LogP contribution in [-0.2, 0) is 19.1 Å². The second-order valence-corrected chi connectivity index (χ2v) is 7.21. The van der Waals surface area contributed by atoms with E-state index in [0.29, 0.717) is 12.0 Å². The molecule has 0 N–H and O–H groups in total. The van der Waals surface area contributed by atoms with E-state index in [4.69, 9.17) is 0 Å². The number of benzene rings is 1. The highest BCUT2D eigenvalue weighted by Crippen LogP contribution is 2.40. The molecule has 2 aliphatic heterocycles. The fourth-order valence-corrected chi connectivity index (χ4v) is 3.56. The maximum atomic E-state index is 12.5. The van der Waals surface area contributed by atoms with Crippen LogP contribution in [-0.4, -0.2) is 30.8 Å². The lowest BCUT2D eigenvalue weighted by molar-refractivity contribution is -0.130. The average molecular weight is 361 g/mol. The summed E-state index contributed by atoms with van der Waals surface area (Å²) >= 11 is 0. The molecular weight excluding hydrogens is 347 g/mol. The summed E-state index contributed by atoms with van der Waals surface area (Å²) in [6, 6.07) is 7.69. The summed E-state index contributed by atoms with van der Waals surface area (Å²) in [6.07, 6.45) is 1.96. The molecule has 2 heterocycles. The Morgan fingerprint density at radius 1 is 1.17 bits per heavy atom. The minimum Gasteiger partial charge on any atom is -0.381 e. The van der Waals surface area contributed by atoms with Gasteiger partial charge in [0.05, 0.1) is 6.04 Å². The molecule has 1 saturated heterocycles. The Balaban J connectivity index is 1.97. The molecule has 3 rings (SSSR count). The van der Waals surface area contributed by atoms with E-state index in [0.717, 1.165) is 0 Å². The van der Waals surface area contributed by atoms with Crippen LogP contribution in [0.3, 0.4) is 0 Å². The van der Waals surface area contributed by atoms with Crippen LogP contribution in [0.5, 0.6) is 0 Å². The van der Waals surface area contributed by atoms with Crippen molar-refractivity contribution in [2.75, 3.05) is 0 Å². The van der Waals surface area contributed by atoms with Crippen molar-refractivity contribution >= 4 is 16.0 Å². The third-order valence-electron chi connectivity index (χ3n) is 4.09. The van der Waals surface area contributed by atoms with Crippen molar-refractivity contribution in [2.24, 2.45) is 0 Å². The summed E-state index contributed by atoms with van der Waals surface area (Å²) < 4.78 is 64.4. The van der Waals surface area contributed by atoms with Gasteiger partial charge in [-0.15, -0.1) is 0 Å². The molecule has 5 nitrogen and oxygen atoms in total. The molecule has 0 saturated carbocycles. The monoisotopic (exact) mass is 361 g/mol. The normalized spacial score (nSPS) is 24.5. The Morgan fingerprint density at radius 3 is 2.46 bits per heavy atom. The van der Waals surface area contributed by atoms with Gasteiger partial charge in [-0.25, -0.2) is 0 Å². The van der Waals surface area contributed by atoms with E-state index in [1.165, 1.54) is 6.08 Å². The van der Waals surface area contributed by atoms with E-state index in [-0.39, 0.29) is 30.5 Å². The fourth-order valence-electron chi connectivity index (χ4n) is 3.06. The van der Waals surface area contributed by atoms with E-state index in [1.807, 2.05) is 0 Å². The quantitative estimate of drug-likeness (QED) is 0.613. The van der Waals surface area contributed by atoms with Gasteiger partial charge in [-0.1, -0.05) is 30.3 Å². The number of carbonyl (C=O) groups is 1. The van der Waals surface area contributed by atoms with Crippen LogP contribution in [0.25, 0.3) is 0 Å². The number of alkyl halides is 3. The number of hydrogen-bond donors (Lipinski definition) is 0. The third kappa shape index (κ3) is 3.00. The molecule has 24 heavy (non-hydrogen) atoms. The molecule has 2 unspecified atom stereocenters. The third-order valence-corrected chi connectivity index (χ3v) is 5.09. The van der Waals surface area contributed by atoms with E-state index in [9.17, 15) is 26.4 Å². The molecule has 1 fully saturated rings. The number of hydrogen-bond acceptors (Lipinski definition) is 4. The number of nitrogens with zero attached hydrogens (tertiary/aromatic N) is 1. The van der Waals surface area contributed by atoms with Gasteiger partial charge in [0.2, 0.25) is 5.91 Å². The fraction of sp³-hybridized carbons (Fsp3) is 0.400. The van der Waals surface area contributed by atoms with E-state index < -0.39 is 21.7 Å². The van der Waals surface area contributed by atoms with Crippen LogP contribution in [0.4, 0.5) is 13.2 Å². The Labute approximate surface area is 136 Å². The summed E-state index contributed by atoms with van der Waals surface area (Å²) in [7, 11) is -5.72. The highest BCUT2D eigenvalue weighted by atomic mass is 32.2. The molecule has 0 spiro atoms. The van der Waals surface area contributed by atoms with Crippen LogP contribution in [0, 0.1) is 0 Å². The summed E-state index contributed by atoms with van der Waals surface area (Å²) in [5.41, 5.74) is -4.80. The van der Waals surface area contributed by atoms with Crippen molar-refractivity contribution in [1.29, 1.82) is 0 Å². The van der Waals surface area contributed by atoms with Crippen molar-refractivity contribution in [3.63, 3.8) is 0 Å². The van der Waals surface area contributed by atoms with Crippen molar-refractivity contribution in [1.82, 2.24) is 4.90 Å². The molecule has 2 aliphatic rings. The van der Waals surface area contributed by atoms with Crippen molar-refractivity contribution in [2.45, 2.75) is 36.9 Å².